The smallest absolute Gasteiger partial charge is 0.311 e. The van der Waals surface area contributed by atoms with E-state index < -0.39 is 11.9 Å². The summed E-state index contributed by atoms with van der Waals surface area (Å²) in [6, 6.07) is 7.58. The summed E-state index contributed by atoms with van der Waals surface area (Å²) in [5, 5.41) is 9.19. The van der Waals surface area contributed by atoms with E-state index in [9.17, 15) is 9.90 Å². The van der Waals surface area contributed by atoms with Gasteiger partial charge in [-0.15, -0.1) is 0 Å². The van der Waals surface area contributed by atoms with Crippen LogP contribution < -0.4 is 0 Å². The topological polar surface area (TPSA) is 46.5 Å². The zero-order valence-electron chi connectivity index (χ0n) is 9.93. The maximum atomic E-state index is 11.2. The molecule has 1 unspecified atom stereocenters. The Kier molecular flexibility index (Phi) is 4.50. The molecule has 0 aliphatic carbocycles. The lowest BCUT2D eigenvalue weighted by molar-refractivity contribution is -0.139. The summed E-state index contributed by atoms with van der Waals surface area (Å²) in [5.41, 5.74) is 1.85. The van der Waals surface area contributed by atoms with Gasteiger partial charge in [-0.1, -0.05) is 38.1 Å². The van der Waals surface area contributed by atoms with Crippen LogP contribution in [0, 0.1) is 5.92 Å². The quantitative estimate of drug-likeness (QED) is 0.833. The monoisotopic (exact) mass is 222 g/mol. The fourth-order valence-corrected chi connectivity index (χ4v) is 1.86. The predicted octanol–water partition coefficient (Wildman–Crippen LogP) is 2.66. The van der Waals surface area contributed by atoms with Crippen molar-refractivity contribution in [3.05, 3.63) is 35.4 Å². The molecule has 0 saturated carbocycles. The lowest BCUT2D eigenvalue weighted by Gasteiger charge is -2.17. The Morgan fingerprint density at radius 3 is 2.62 bits per heavy atom. The van der Waals surface area contributed by atoms with E-state index in [0.717, 1.165) is 11.1 Å². The first-order chi connectivity index (χ1) is 7.56. The Bertz CT molecular complexity index is 358. The summed E-state index contributed by atoms with van der Waals surface area (Å²) >= 11 is 0. The minimum Gasteiger partial charge on any atom is -0.481 e. The summed E-state index contributed by atoms with van der Waals surface area (Å²) in [4.78, 5) is 11.2. The van der Waals surface area contributed by atoms with E-state index in [2.05, 4.69) is 0 Å². The molecule has 0 amide bonds. The standard InChI is InChI=1S/C13H18O3/c1-9(2)12(13(14)15)11-6-4-5-10(7-11)8-16-3/h4-7,9,12H,8H2,1-3H3,(H,14,15). The Morgan fingerprint density at radius 1 is 1.44 bits per heavy atom. The molecule has 1 aromatic rings. The van der Waals surface area contributed by atoms with Gasteiger partial charge in [-0.3, -0.25) is 4.79 Å². The number of aliphatic carboxylic acids is 1. The minimum atomic E-state index is -0.774. The van der Waals surface area contributed by atoms with Gasteiger partial charge in [0.2, 0.25) is 0 Å². The van der Waals surface area contributed by atoms with Gasteiger partial charge >= 0.3 is 5.97 Å². The van der Waals surface area contributed by atoms with Crippen LogP contribution in [-0.4, -0.2) is 18.2 Å². The highest BCUT2D eigenvalue weighted by atomic mass is 16.5. The van der Waals surface area contributed by atoms with Gasteiger partial charge in [-0.05, 0) is 17.0 Å². The zero-order chi connectivity index (χ0) is 12.1. The number of carbonyl (C=O) groups is 1. The Balaban J connectivity index is 3.00. The van der Waals surface area contributed by atoms with Crippen LogP contribution in [-0.2, 0) is 16.1 Å². The molecule has 0 aliphatic heterocycles. The molecule has 3 nitrogen and oxygen atoms in total. The van der Waals surface area contributed by atoms with E-state index in [1.54, 1.807) is 7.11 Å². The van der Waals surface area contributed by atoms with Crippen molar-refractivity contribution >= 4 is 5.97 Å². The minimum absolute atomic E-state index is 0.0790. The molecule has 0 fully saturated rings. The molecule has 0 heterocycles. The molecule has 88 valence electrons. The second-order valence-corrected chi connectivity index (χ2v) is 4.24. The number of rotatable bonds is 5. The van der Waals surface area contributed by atoms with Gasteiger partial charge in [0.05, 0.1) is 12.5 Å². The average molecular weight is 222 g/mol. The van der Waals surface area contributed by atoms with E-state index >= 15 is 0 Å². The van der Waals surface area contributed by atoms with Crippen LogP contribution in [0.2, 0.25) is 0 Å². The largest absolute Gasteiger partial charge is 0.481 e. The van der Waals surface area contributed by atoms with Gasteiger partial charge in [0, 0.05) is 7.11 Å². The van der Waals surface area contributed by atoms with Gasteiger partial charge in [-0.25, -0.2) is 0 Å². The van der Waals surface area contributed by atoms with Gasteiger partial charge in [0.1, 0.15) is 0 Å². The van der Waals surface area contributed by atoms with Crippen LogP contribution >= 0.6 is 0 Å². The van der Waals surface area contributed by atoms with Crippen molar-refractivity contribution in [1.29, 1.82) is 0 Å². The number of carboxylic acid groups (broad SMARTS) is 1. The predicted molar refractivity (Wildman–Crippen MR) is 62.4 cm³/mol. The van der Waals surface area contributed by atoms with Crippen LogP contribution in [0.3, 0.4) is 0 Å². The van der Waals surface area contributed by atoms with Gasteiger partial charge in [0.15, 0.2) is 0 Å². The van der Waals surface area contributed by atoms with Gasteiger partial charge in [0.25, 0.3) is 0 Å². The van der Waals surface area contributed by atoms with Crippen molar-refractivity contribution in [3.63, 3.8) is 0 Å². The molecule has 3 heteroatoms. The number of benzene rings is 1. The summed E-state index contributed by atoms with van der Waals surface area (Å²) < 4.78 is 5.04. The van der Waals surface area contributed by atoms with Crippen LogP contribution in [0.4, 0.5) is 0 Å². The average Bonchev–Trinajstić information content (AvgIpc) is 2.17. The molecule has 1 rings (SSSR count). The fraction of sp³-hybridized carbons (Fsp3) is 0.462. The third-order valence-electron chi connectivity index (χ3n) is 2.55. The molecule has 0 bridgehead atoms. The van der Waals surface area contributed by atoms with E-state index in [-0.39, 0.29) is 5.92 Å². The number of carboxylic acids is 1. The molecule has 16 heavy (non-hydrogen) atoms. The van der Waals surface area contributed by atoms with E-state index in [0.29, 0.717) is 6.61 Å². The number of methoxy groups -OCH3 is 1. The van der Waals surface area contributed by atoms with Gasteiger partial charge in [-0.2, -0.15) is 0 Å². The highest BCUT2D eigenvalue weighted by Gasteiger charge is 2.23. The first kappa shape index (κ1) is 12.7. The van der Waals surface area contributed by atoms with Crippen molar-refractivity contribution in [2.24, 2.45) is 5.92 Å². The normalized spacial score (nSPS) is 12.8. The maximum absolute atomic E-state index is 11.2. The Hall–Kier alpha value is -1.35. The number of hydrogen-bond donors (Lipinski definition) is 1. The number of hydrogen-bond acceptors (Lipinski definition) is 2. The van der Waals surface area contributed by atoms with Crippen LogP contribution in [0.25, 0.3) is 0 Å². The lowest BCUT2D eigenvalue weighted by Crippen LogP contribution is -2.17. The molecule has 1 atom stereocenters. The Labute approximate surface area is 96.1 Å². The second kappa shape index (κ2) is 5.66. The summed E-state index contributed by atoms with van der Waals surface area (Å²) in [6.07, 6.45) is 0. The molecule has 0 radical (unpaired) electrons. The molecule has 0 spiro atoms. The zero-order valence-corrected chi connectivity index (χ0v) is 9.93. The lowest BCUT2D eigenvalue weighted by atomic mass is 9.88. The molecular weight excluding hydrogens is 204 g/mol. The van der Waals surface area contributed by atoms with E-state index in [4.69, 9.17) is 4.74 Å². The molecule has 0 aliphatic rings. The van der Waals surface area contributed by atoms with Crippen molar-refractivity contribution in [2.45, 2.75) is 26.4 Å². The van der Waals surface area contributed by atoms with Crippen molar-refractivity contribution < 1.29 is 14.6 Å². The highest BCUT2D eigenvalue weighted by molar-refractivity contribution is 5.76. The van der Waals surface area contributed by atoms with E-state index in [1.165, 1.54) is 0 Å². The summed E-state index contributed by atoms with van der Waals surface area (Å²) in [6.45, 7) is 4.35. The summed E-state index contributed by atoms with van der Waals surface area (Å²) in [7, 11) is 1.63. The highest BCUT2D eigenvalue weighted by Crippen LogP contribution is 2.25. The number of ether oxygens (including phenoxy) is 1. The molecular formula is C13H18O3. The SMILES string of the molecule is COCc1cccc(C(C(=O)O)C(C)C)c1. The summed E-state index contributed by atoms with van der Waals surface area (Å²) in [5.74, 6) is -1.14. The molecule has 1 aromatic carbocycles. The van der Waals surface area contributed by atoms with E-state index in [1.807, 2.05) is 38.1 Å². The Morgan fingerprint density at radius 2 is 2.12 bits per heavy atom. The van der Waals surface area contributed by atoms with Crippen molar-refractivity contribution in [2.75, 3.05) is 7.11 Å². The van der Waals surface area contributed by atoms with Crippen molar-refractivity contribution in [3.8, 4) is 0 Å². The van der Waals surface area contributed by atoms with Crippen LogP contribution in [0.1, 0.15) is 30.9 Å². The third-order valence-corrected chi connectivity index (χ3v) is 2.55. The second-order valence-electron chi connectivity index (χ2n) is 4.24. The van der Waals surface area contributed by atoms with Crippen molar-refractivity contribution in [1.82, 2.24) is 0 Å². The first-order valence-electron chi connectivity index (χ1n) is 5.36. The third kappa shape index (κ3) is 3.07. The maximum Gasteiger partial charge on any atom is 0.311 e. The fourth-order valence-electron chi connectivity index (χ4n) is 1.86. The first-order valence-corrected chi connectivity index (χ1v) is 5.36. The van der Waals surface area contributed by atoms with Gasteiger partial charge < -0.3 is 9.84 Å². The molecule has 1 N–H and O–H groups in total. The molecule has 0 saturated heterocycles. The van der Waals surface area contributed by atoms with Crippen LogP contribution in [0.5, 0.6) is 0 Å². The molecule has 0 aromatic heterocycles. The van der Waals surface area contributed by atoms with Crippen LogP contribution in [0.15, 0.2) is 24.3 Å².